The maximum atomic E-state index is 10.7. The first-order valence-corrected chi connectivity index (χ1v) is 5.67. The Balaban J connectivity index is 4.51. The van der Waals surface area contributed by atoms with Crippen molar-refractivity contribution in [1.29, 1.82) is 0 Å². The summed E-state index contributed by atoms with van der Waals surface area (Å²) >= 11 is 5.20. The molecule has 0 radical (unpaired) electrons. The summed E-state index contributed by atoms with van der Waals surface area (Å²) in [6, 6.07) is 0. The van der Waals surface area contributed by atoms with Gasteiger partial charge in [-0.1, -0.05) is 6.58 Å². The van der Waals surface area contributed by atoms with Crippen molar-refractivity contribution in [1.82, 2.24) is 0 Å². The third-order valence-electron chi connectivity index (χ3n) is 1.11. The number of aliphatic hydroxyl groups excluding tert-OH is 1. The number of carbonyl (C=O) groups is 1. The molecule has 0 saturated heterocycles. The minimum atomic E-state index is -4.89. The Hall–Kier alpha value is -0.430. The molecule has 15 heavy (non-hydrogen) atoms. The van der Waals surface area contributed by atoms with Gasteiger partial charge in [-0.3, -0.25) is 0 Å². The third-order valence-corrected chi connectivity index (χ3v) is 1.91. The van der Waals surface area contributed by atoms with Gasteiger partial charge in [0.05, 0.1) is 5.88 Å². The van der Waals surface area contributed by atoms with Crippen LogP contribution in [0.15, 0.2) is 12.7 Å². The van der Waals surface area contributed by atoms with Crippen LogP contribution < -0.4 is 0 Å². The molecule has 0 aromatic rings. The standard InChI is InChI=1S/C6H10ClO7P/c1-2-5(9)13-6(4(8)3-7)14-15(10,11)12/h2,4,6,8H,1,3H2,(H2,10,11,12). The molecule has 0 rings (SSSR count). The van der Waals surface area contributed by atoms with E-state index in [1.165, 1.54) is 0 Å². The van der Waals surface area contributed by atoms with Gasteiger partial charge >= 0.3 is 13.8 Å². The molecule has 2 atom stereocenters. The molecule has 0 aromatic heterocycles. The fraction of sp³-hybridized carbons (Fsp3) is 0.500. The number of hydrogen-bond donors (Lipinski definition) is 3. The van der Waals surface area contributed by atoms with E-state index in [2.05, 4.69) is 15.8 Å². The molecule has 0 bridgehead atoms. The van der Waals surface area contributed by atoms with Crippen molar-refractivity contribution in [3.8, 4) is 0 Å². The maximum Gasteiger partial charge on any atom is 0.472 e. The van der Waals surface area contributed by atoms with E-state index in [1.54, 1.807) is 0 Å². The number of hydrogen-bond acceptors (Lipinski definition) is 5. The lowest BCUT2D eigenvalue weighted by Gasteiger charge is -2.21. The van der Waals surface area contributed by atoms with E-state index in [-0.39, 0.29) is 0 Å². The molecule has 0 amide bonds. The number of phosphoric acid groups is 1. The average Bonchev–Trinajstić information content (AvgIpc) is 2.13. The number of alkyl halides is 1. The van der Waals surface area contributed by atoms with Gasteiger partial charge in [-0.2, -0.15) is 0 Å². The molecule has 2 unspecified atom stereocenters. The highest BCUT2D eigenvalue weighted by Crippen LogP contribution is 2.38. The van der Waals surface area contributed by atoms with Gasteiger partial charge in [-0.05, 0) is 0 Å². The van der Waals surface area contributed by atoms with Gasteiger partial charge in [0.25, 0.3) is 0 Å². The van der Waals surface area contributed by atoms with Gasteiger partial charge in [-0.25, -0.2) is 13.9 Å². The molecule has 88 valence electrons. The molecular weight excluding hydrogens is 250 g/mol. The average molecular weight is 261 g/mol. The summed E-state index contributed by atoms with van der Waals surface area (Å²) in [6.07, 6.45) is -2.64. The second-order valence-electron chi connectivity index (χ2n) is 2.33. The Morgan fingerprint density at radius 1 is 1.60 bits per heavy atom. The topological polar surface area (TPSA) is 113 Å². The van der Waals surface area contributed by atoms with Crippen LogP contribution in [0.2, 0.25) is 0 Å². The van der Waals surface area contributed by atoms with E-state index < -0.39 is 32.1 Å². The first kappa shape index (κ1) is 14.6. The Morgan fingerprint density at radius 2 is 2.13 bits per heavy atom. The summed E-state index contributed by atoms with van der Waals surface area (Å²) in [6.45, 7) is 3.06. The Kier molecular flexibility index (Phi) is 6.04. The van der Waals surface area contributed by atoms with Crippen molar-refractivity contribution >= 4 is 25.4 Å². The Bertz CT molecular complexity index is 275. The highest BCUT2D eigenvalue weighted by molar-refractivity contribution is 7.46. The Labute approximate surface area is 90.5 Å². The lowest BCUT2D eigenvalue weighted by Crippen LogP contribution is -2.33. The molecule has 0 aliphatic heterocycles. The predicted molar refractivity (Wildman–Crippen MR) is 49.9 cm³/mol. The second kappa shape index (κ2) is 6.22. The van der Waals surface area contributed by atoms with Gasteiger partial charge in [0.2, 0.25) is 6.29 Å². The fourth-order valence-electron chi connectivity index (χ4n) is 0.541. The number of phosphoric ester groups is 1. The predicted octanol–water partition coefficient (Wildman–Crippen LogP) is -0.249. The third kappa shape index (κ3) is 6.62. The zero-order chi connectivity index (χ0) is 12.1. The highest BCUT2D eigenvalue weighted by atomic mass is 35.5. The SMILES string of the molecule is C=CC(=O)OC(OP(=O)(O)O)C(O)CCl. The monoisotopic (exact) mass is 260 g/mol. The largest absolute Gasteiger partial charge is 0.472 e. The summed E-state index contributed by atoms with van der Waals surface area (Å²) in [5, 5.41) is 9.11. The van der Waals surface area contributed by atoms with E-state index in [0.717, 1.165) is 6.08 Å². The first-order chi connectivity index (χ1) is 6.80. The normalized spacial score (nSPS) is 15.5. The molecular formula is C6H10ClO7P. The van der Waals surface area contributed by atoms with Crippen molar-refractivity contribution in [2.75, 3.05) is 5.88 Å². The molecule has 0 saturated carbocycles. The van der Waals surface area contributed by atoms with Crippen molar-refractivity contribution in [2.24, 2.45) is 0 Å². The van der Waals surface area contributed by atoms with Gasteiger partial charge < -0.3 is 19.6 Å². The zero-order valence-electron chi connectivity index (χ0n) is 7.45. The van der Waals surface area contributed by atoms with E-state index >= 15 is 0 Å². The minimum absolute atomic E-state index is 0.422. The van der Waals surface area contributed by atoms with Crippen molar-refractivity contribution in [3.05, 3.63) is 12.7 Å². The van der Waals surface area contributed by atoms with Gasteiger partial charge in [0, 0.05) is 6.08 Å². The van der Waals surface area contributed by atoms with Gasteiger partial charge in [0.15, 0.2) is 0 Å². The minimum Gasteiger partial charge on any atom is -0.429 e. The Morgan fingerprint density at radius 3 is 2.47 bits per heavy atom. The van der Waals surface area contributed by atoms with Crippen LogP contribution in [0.5, 0.6) is 0 Å². The van der Waals surface area contributed by atoms with E-state index in [1.807, 2.05) is 0 Å². The molecule has 0 aliphatic carbocycles. The van der Waals surface area contributed by atoms with E-state index in [0.29, 0.717) is 0 Å². The van der Waals surface area contributed by atoms with Crippen molar-refractivity contribution in [3.63, 3.8) is 0 Å². The summed E-state index contributed by atoms with van der Waals surface area (Å²) in [5.41, 5.74) is 0. The number of ether oxygens (including phenoxy) is 1. The number of rotatable bonds is 6. The molecule has 0 aromatic carbocycles. The molecule has 0 fully saturated rings. The molecule has 3 N–H and O–H groups in total. The number of esters is 1. The molecule has 0 heterocycles. The van der Waals surface area contributed by atoms with Crippen LogP contribution in [0.4, 0.5) is 0 Å². The summed E-state index contributed by atoms with van der Waals surface area (Å²) in [7, 11) is -4.89. The highest BCUT2D eigenvalue weighted by Gasteiger charge is 2.30. The maximum absolute atomic E-state index is 10.7. The second-order valence-corrected chi connectivity index (χ2v) is 3.83. The fourth-order valence-corrected chi connectivity index (χ4v) is 1.14. The number of carbonyl (C=O) groups excluding carboxylic acids is 1. The van der Waals surface area contributed by atoms with Crippen LogP contribution >= 0.6 is 19.4 Å². The molecule has 9 heteroatoms. The van der Waals surface area contributed by atoms with Crippen LogP contribution in [0, 0.1) is 0 Å². The first-order valence-electron chi connectivity index (χ1n) is 3.61. The van der Waals surface area contributed by atoms with Gasteiger partial charge in [0.1, 0.15) is 6.10 Å². The van der Waals surface area contributed by atoms with E-state index in [9.17, 15) is 9.36 Å². The van der Waals surface area contributed by atoms with Gasteiger partial charge in [-0.15, -0.1) is 11.6 Å². The quantitative estimate of drug-likeness (QED) is 0.198. The van der Waals surface area contributed by atoms with Crippen LogP contribution in [0.25, 0.3) is 0 Å². The summed E-state index contributed by atoms with van der Waals surface area (Å²) in [4.78, 5) is 27.6. The summed E-state index contributed by atoms with van der Waals surface area (Å²) < 4.78 is 18.8. The van der Waals surface area contributed by atoms with Crippen molar-refractivity contribution in [2.45, 2.75) is 12.4 Å². The smallest absolute Gasteiger partial charge is 0.429 e. The van der Waals surface area contributed by atoms with E-state index in [4.69, 9.17) is 26.5 Å². The van der Waals surface area contributed by atoms with Crippen LogP contribution in [0.1, 0.15) is 0 Å². The number of halogens is 1. The van der Waals surface area contributed by atoms with Crippen molar-refractivity contribution < 1.29 is 33.5 Å². The number of aliphatic hydroxyl groups is 1. The lowest BCUT2D eigenvalue weighted by molar-refractivity contribution is -0.174. The lowest BCUT2D eigenvalue weighted by atomic mass is 10.4. The zero-order valence-corrected chi connectivity index (χ0v) is 9.10. The molecule has 0 aliphatic rings. The van der Waals surface area contributed by atoms with Crippen LogP contribution in [0.3, 0.4) is 0 Å². The van der Waals surface area contributed by atoms with Crippen LogP contribution in [-0.4, -0.2) is 39.1 Å². The molecule has 7 nitrogen and oxygen atoms in total. The van der Waals surface area contributed by atoms with Crippen LogP contribution in [-0.2, 0) is 18.6 Å². The summed E-state index contributed by atoms with van der Waals surface area (Å²) in [5.74, 6) is -1.42. The molecule has 0 spiro atoms.